The number of benzene rings is 2. The molecule has 0 saturated carbocycles. The Balaban J connectivity index is 1.55. The van der Waals surface area contributed by atoms with Gasteiger partial charge in [0.25, 0.3) is 11.8 Å². The number of carbonyl (C=O) groups is 2. The van der Waals surface area contributed by atoms with Crippen molar-refractivity contribution in [2.45, 2.75) is 13.0 Å². The third-order valence-electron chi connectivity index (χ3n) is 3.85. The Morgan fingerprint density at radius 3 is 2.21 bits per heavy atom. The second kappa shape index (κ2) is 8.68. The Hall–Kier alpha value is -3.87. The average Bonchev–Trinajstić information content (AvgIpc) is 2.71. The van der Waals surface area contributed by atoms with Gasteiger partial charge in [-0.15, -0.1) is 0 Å². The maximum atomic E-state index is 12.3. The van der Waals surface area contributed by atoms with Gasteiger partial charge in [-0.25, -0.2) is 0 Å². The monoisotopic (exact) mass is 377 g/mol. The van der Waals surface area contributed by atoms with Gasteiger partial charge in [0.15, 0.2) is 6.10 Å². The lowest BCUT2D eigenvalue weighted by Gasteiger charge is -2.15. The van der Waals surface area contributed by atoms with Crippen LogP contribution in [-0.4, -0.2) is 28.0 Å². The van der Waals surface area contributed by atoms with Crippen molar-refractivity contribution >= 4 is 23.2 Å². The van der Waals surface area contributed by atoms with Crippen LogP contribution in [0.1, 0.15) is 17.3 Å². The number of phenolic OH excluding ortho intramolecular Hbond substituents is 1. The third kappa shape index (κ3) is 5.07. The van der Waals surface area contributed by atoms with Crippen LogP contribution in [0, 0.1) is 0 Å². The molecule has 2 aromatic carbocycles. The third-order valence-corrected chi connectivity index (χ3v) is 3.85. The van der Waals surface area contributed by atoms with Crippen molar-refractivity contribution in [1.82, 2.24) is 4.98 Å². The minimum atomic E-state index is -0.727. The number of amides is 2. The molecule has 142 valence electrons. The summed E-state index contributed by atoms with van der Waals surface area (Å²) in [4.78, 5) is 28.3. The van der Waals surface area contributed by atoms with Gasteiger partial charge in [-0.2, -0.15) is 0 Å². The first-order valence-corrected chi connectivity index (χ1v) is 8.59. The van der Waals surface area contributed by atoms with Crippen LogP contribution in [0.15, 0.2) is 73.1 Å². The van der Waals surface area contributed by atoms with E-state index >= 15 is 0 Å². The summed E-state index contributed by atoms with van der Waals surface area (Å²) in [5.74, 6) is 0.0232. The summed E-state index contributed by atoms with van der Waals surface area (Å²) in [5, 5.41) is 14.8. The van der Waals surface area contributed by atoms with Crippen molar-refractivity contribution < 1.29 is 19.4 Å². The number of rotatable bonds is 6. The molecule has 1 unspecified atom stereocenters. The first kappa shape index (κ1) is 18.9. The molecule has 7 heteroatoms. The van der Waals surface area contributed by atoms with Gasteiger partial charge in [0.2, 0.25) is 0 Å². The molecule has 0 aliphatic carbocycles. The van der Waals surface area contributed by atoms with Gasteiger partial charge >= 0.3 is 0 Å². The van der Waals surface area contributed by atoms with Crippen LogP contribution < -0.4 is 15.4 Å². The highest BCUT2D eigenvalue weighted by molar-refractivity contribution is 6.04. The first-order chi connectivity index (χ1) is 13.5. The summed E-state index contributed by atoms with van der Waals surface area (Å²) in [5.41, 5.74) is 1.63. The molecule has 0 saturated heterocycles. The summed E-state index contributed by atoms with van der Waals surface area (Å²) >= 11 is 0. The Labute approximate surface area is 162 Å². The highest BCUT2D eigenvalue weighted by atomic mass is 16.5. The number of nitrogens with zero attached hydrogens (tertiary/aromatic N) is 1. The molecule has 0 radical (unpaired) electrons. The van der Waals surface area contributed by atoms with Gasteiger partial charge < -0.3 is 20.5 Å². The van der Waals surface area contributed by atoms with Gasteiger partial charge in [0.05, 0.1) is 5.56 Å². The molecule has 3 rings (SSSR count). The predicted octanol–water partition coefficient (Wildman–Crippen LogP) is 3.45. The molecule has 2 amide bonds. The van der Waals surface area contributed by atoms with Crippen LogP contribution in [0.2, 0.25) is 0 Å². The van der Waals surface area contributed by atoms with Crippen molar-refractivity contribution in [3.63, 3.8) is 0 Å². The van der Waals surface area contributed by atoms with E-state index in [1.165, 1.54) is 18.3 Å². The van der Waals surface area contributed by atoms with Gasteiger partial charge in [-0.05, 0) is 67.6 Å². The molecule has 1 atom stereocenters. The molecule has 7 nitrogen and oxygen atoms in total. The molecule has 0 bridgehead atoms. The number of aromatic hydroxyl groups is 1. The van der Waals surface area contributed by atoms with Gasteiger partial charge in [-0.1, -0.05) is 0 Å². The number of hydrogen-bond donors (Lipinski definition) is 3. The number of ether oxygens (including phenoxy) is 1. The standard InChI is InChI=1S/C21H19N3O4/c1-14(28-19-10-8-18(25)9-11-19)20(26)23-16-4-6-17(7-5-16)24-21(27)15-3-2-12-22-13-15/h2-14,25H,1H3,(H,23,26)(H,24,27). The van der Waals surface area contributed by atoms with Crippen molar-refractivity contribution in [3.8, 4) is 11.5 Å². The average molecular weight is 377 g/mol. The molecular formula is C21H19N3O4. The molecular weight excluding hydrogens is 358 g/mol. The highest BCUT2D eigenvalue weighted by Gasteiger charge is 2.15. The number of nitrogens with one attached hydrogen (secondary N) is 2. The number of aromatic nitrogens is 1. The van der Waals surface area contributed by atoms with E-state index in [1.807, 2.05) is 0 Å². The summed E-state index contributed by atoms with van der Waals surface area (Å²) in [6.45, 7) is 1.63. The van der Waals surface area contributed by atoms with E-state index in [9.17, 15) is 14.7 Å². The fourth-order valence-corrected chi connectivity index (χ4v) is 2.36. The van der Waals surface area contributed by atoms with Crippen LogP contribution in [-0.2, 0) is 4.79 Å². The van der Waals surface area contributed by atoms with E-state index in [4.69, 9.17) is 4.74 Å². The second-order valence-electron chi connectivity index (χ2n) is 6.02. The molecule has 1 aromatic heterocycles. The molecule has 0 fully saturated rings. The van der Waals surface area contributed by atoms with E-state index in [0.717, 1.165) is 0 Å². The van der Waals surface area contributed by atoms with Crippen molar-refractivity contribution in [3.05, 3.63) is 78.6 Å². The van der Waals surface area contributed by atoms with Crippen molar-refractivity contribution in [2.75, 3.05) is 10.6 Å². The summed E-state index contributed by atoms with van der Waals surface area (Å²) < 4.78 is 5.54. The Kier molecular flexibility index (Phi) is 5.86. The number of carbonyl (C=O) groups excluding carboxylic acids is 2. The van der Waals surface area contributed by atoms with Gasteiger partial charge in [0.1, 0.15) is 11.5 Å². The Morgan fingerprint density at radius 2 is 1.61 bits per heavy atom. The maximum Gasteiger partial charge on any atom is 0.265 e. The van der Waals surface area contributed by atoms with E-state index in [1.54, 1.807) is 61.7 Å². The first-order valence-electron chi connectivity index (χ1n) is 8.59. The van der Waals surface area contributed by atoms with E-state index in [2.05, 4.69) is 15.6 Å². The van der Waals surface area contributed by atoms with E-state index < -0.39 is 6.10 Å². The second-order valence-corrected chi connectivity index (χ2v) is 6.02. The van der Waals surface area contributed by atoms with Gasteiger partial charge in [-0.3, -0.25) is 14.6 Å². The lowest BCUT2D eigenvalue weighted by atomic mass is 10.2. The lowest BCUT2D eigenvalue weighted by molar-refractivity contribution is -0.122. The fourth-order valence-electron chi connectivity index (χ4n) is 2.36. The van der Waals surface area contributed by atoms with Crippen molar-refractivity contribution in [1.29, 1.82) is 0 Å². The van der Waals surface area contributed by atoms with Crippen molar-refractivity contribution in [2.24, 2.45) is 0 Å². The molecule has 1 heterocycles. The number of hydrogen-bond acceptors (Lipinski definition) is 5. The lowest BCUT2D eigenvalue weighted by Crippen LogP contribution is -2.30. The minimum Gasteiger partial charge on any atom is -0.508 e. The normalized spacial score (nSPS) is 11.3. The Bertz CT molecular complexity index is 942. The largest absolute Gasteiger partial charge is 0.508 e. The summed E-state index contributed by atoms with van der Waals surface area (Å²) in [6, 6.07) is 16.2. The highest BCUT2D eigenvalue weighted by Crippen LogP contribution is 2.18. The van der Waals surface area contributed by atoms with Crippen LogP contribution in [0.3, 0.4) is 0 Å². The zero-order valence-corrected chi connectivity index (χ0v) is 15.1. The summed E-state index contributed by atoms with van der Waals surface area (Å²) in [6.07, 6.45) is 2.36. The molecule has 0 aliphatic heterocycles. The summed E-state index contributed by atoms with van der Waals surface area (Å²) in [7, 11) is 0. The number of pyridine rings is 1. The predicted molar refractivity (Wildman–Crippen MR) is 105 cm³/mol. The molecule has 3 N–H and O–H groups in total. The SMILES string of the molecule is CC(Oc1ccc(O)cc1)C(=O)Nc1ccc(NC(=O)c2cccnc2)cc1. The molecule has 0 spiro atoms. The number of anilines is 2. The zero-order valence-electron chi connectivity index (χ0n) is 15.1. The van der Waals surface area contributed by atoms with Crippen LogP contribution in [0.5, 0.6) is 11.5 Å². The molecule has 28 heavy (non-hydrogen) atoms. The smallest absolute Gasteiger partial charge is 0.265 e. The Morgan fingerprint density at radius 1 is 0.964 bits per heavy atom. The quantitative estimate of drug-likeness (QED) is 0.611. The minimum absolute atomic E-state index is 0.125. The maximum absolute atomic E-state index is 12.3. The van der Waals surface area contributed by atoms with E-state index in [0.29, 0.717) is 22.7 Å². The van der Waals surface area contributed by atoms with Crippen LogP contribution in [0.25, 0.3) is 0 Å². The topological polar surface area (TPSA) is 101 Å². The van der Waals surface area contributed by atoms with Crippen LogP contribution in [0.4, 0.5) is 11.4 Å². The zero-order chi connectivity index (χ0) is 19.9. The fraction of sp³-hybridized carbons (Fsp3) is 0.0952. The molecule has 0 aliphatic rings. The van der Waals surface area contributed by atoms with Gasteiger partial charge in [0, 0.05) is 23.8 Å². The van der Waals surface area contributed by atoms with E-state index in [-0.39, 0.29) is 17.6 Å². The number of phenols is 1. The molecule has 3 aromatic rings. The van der Waals surface area contributed by atoms with Crippen LogP contribution >= 0.6 is 0 Å².